The van der Waals surface area contributed by atoms with Crippen LogP contribution in [-0.4, -0.2) is 29.1 Å². The average molecular weight is 419 g/mol. The monoisotopic (exact) mass is 418 g/mol. The molecule has 0 atom stereocenters. The highest BCUT2D eigenvalue weighted by atomic mass is 16.5. The molecule has 31 heavy (non-hydrogen) atoms. The number of aromatic nitrogens is 2. The number of piperidine rings is 1. The van der Waals surface area contributed by atoms with Gasteiger partial charge >= 0.3 is 0 Å². The van der Waals surface area contributed by atoms with Gasteiger partial charge in [-0.2, -0.15) is 4.98 Å². The lowest BCUT2D eigenvalue weighted by Gasteiger charge is -2.32. The maximum Gasteiger partial charge on any atom is 0.227 e. The highest BCUT2D eigenvalue weighted by molar-refractivity contribution is 5.90. The molecule has 6 nitrogen and oxygen atoms in total. The first kappa shape index (κ1) is 21.1. The fourth-order valence-corrected chi connectivity index (χ4v) is 3.82. The zero-order valence-corrected chi connectivity index (χ0v) is 18.5. The second-order valence-corrected chi connectivity index (χ2v) is 8.58. The summed E-state index contributed by atoms with van der Waals surface area (Å²) in [5.41, 5.74) is 5.32. The van der Waals surface area contributed by atoms with Gasteiger partial charge < -0.3 is 14.7 Å². The minimum atomic E-state index is -0.0665. The molecule has 0 saturated carbocycles. The third kappa shape index (κ3) is 5.32. The standard InChI is InChI=1S/C25H30N4O2/c1-17-12-14-29(15-13-17)22-8-5-20(6-9-22)25-27-24(31-28-25)11-10-23(30)26-21-7-4-18(2)19(3)16-21/h4-9,16-17H,10-15H2,1-3H3,(H,26,30). The van der Waals surface area contributed by atoms with Crippen molar-refractivity contribution in [2.45, 2.75) is 46.5 Å². The summed E-state index contributed by atoms with van der Waals surface area (Å²) in [7, 11) is 0. The molecule has 1 fully saturated rings. The Morgan fingerprint density at radius 1 is 1.10 bits per heavy atom. The molecule has 0 spiro atoms. The van der Waals surface area contributed by atoms with E-state index in [2.05, 4.69) is 46.3 Å². The molecule has 0 bridgehead atoms. The Bertz CT molecular complexity index is 1030. The van der Waals surface area contributed by atoms with Crippen LogP contribution >= 0.6 is 0 Å². The van der Waals surface area contributed by atoms with Crippen LogP contribution in [0.25, 0.3) is 11.4 Å². The Hall–Kier alpha value is -3.15. The minimum Gasteiger partial charge on any atom is -0.372 e. The summed E-state index contributed by atoms with van der Waals surface area (Å²) in [5, 5.41) is 7.02. The highest BCUT2D eigenvalue weighted by Gasteiger charge is 2.17. The molecule has 1 saturated heterocycles. The summed E-state index contributed by atoms with van der Waals surface area (Å²) in [6, 6.07) is 14.2. The number of rotatable bonds is 6. The lowest BCUT2D eigenvalue weighted by Crippen LogP contribution is -2.32. The summed E-state index contributed by atoms with van der Waals surface area (Å²) in [6.45, 7) is 8.62. The largest absolute Gasteiger partial charge is 0.372 e. The number of hydrogen-bond donors (Lipinski definition) is 1. The molecule has 3 aromatic rings. The number of anilines is 2. The number of amides is 1. The Balaban J connectivity index is 1.31. The van der Waals surface area contributed by atoms with Gasteiger partial charge in [0.2, 0.25) is 17.6 Å². The van der Waals surface area contributed by atoms with Crippen LogP contribution in [0.1, 0.15) is 43.2 Å². The molecule has 2 heterocycles. The van der Waals surface area contributed by atoms with Crippen molar-refractivity contribution in [3.63, 3.8) is 0 Å². The van der Waals surface area contributed by atoms with Crippen LogP contribution in [0.15, 0.2) is 47.0 Å². The normalized spacial score (nSPS) is 14.6. The SMILES string of the molecule is Cc1ccc(NC(=O)CCc2nc(-c3ccc(N4CCC(C)CC4)cc3)no2)cc1C. The van der Waals surface area contributed by atoms with Crippen molar-refractivity contribution in [2.75, 3.05) is 23.3 Å². The summed E-state index contributed by atoms with van der Waals surface area (Å²) < 4.78 is 5.36. The first-order chi connectivity index (χ1) is 15.0. The van der Waals surface area contributed by atoms with Crippen LogP contribution < -0.4 is 10.2 Å². The van der Waals surface area contributed by atoms with Gasteiger partial charge in [0.05, 0.1) is 0 Å². The first-order valence-electron chi connectivity index (χ1n) is 11.0. The zero-order chi connectivity index (χ0) is 21.8. The summed E-state index contributed by atoms with van der Waals surface area (Å²) in [4.78, 5) is 19.2. The van der Waals surface area contributed by atoms with Crippen LogP contribution in [-0.2, 0) is 11.2 Å². The number of hydrogen-bond acceptors (Lipinski definition) is 5. The van der Waals surface area contributed by atoms with E-state index in [1.807, 2.05) is 37.3 Å². The van der Waals surface area contributed by atoms with Gasteiger partial charge in [0.1, 0.15) is 0 Å². The zero-order valence-electron chi connectivity index (χ0n) is 18.5. The van der Waals surface area contributed by atoms with Crippen LogP contribution in [0.2, 0.25) is 0 Å². The van der Waals surface area contributed by atoms with Crippen molar-refractivity contribution in [3.8, 4) is 11.4 Å². The van der Waals surface area contributed by atoms with Gasteiger partial charge in [-0.3, -0.25) is 4.79 Å². The predicted octanol–water partition coefficient (Wildman–Crippen LogP) is 5.16. The Morgan fingerprint density at radius 3 is 2.55 bits per heavy atom. The Labute approximate surface area is 183 Å². The molecule has 0 aliphatic carbocycles. The van der Waals surface area contributed by atoms with E-state index in [9.17, 15) is 4.79 Å². The van der Waals surface area contributed by atoms with Crippen molar-refractivity contribution >= 4 is 17.3 Å². The third-order valence-corrected chi connectivity index (χ3v) is 6.10. The second kappa shape index (κ2) is 9.33. The van der Waals surface area contributed by atoms with Gasteiger partial charge in [-0.15, -0.1) is 0 Å². The third-order valence-electron chi connectivity index (χ3n) is 6.10. The molecular weight excluding hydrogens is 388 g/mol. The van der Waals surface area contributed by atoms with Crippen molar-refractivity contribution in [3.05, 3.63) is 59.5 Å². The molecule has 1 aromatic heterocycles. The predicted molar refractivity (Wildman–Crippen MR) is 123 cm³/mol. The smallest absolute Gasteiger partial charge is 0.227 e. The van der Waals surface area contributed by atoms with Crippen molar-refractivity contribution in [2.24, 2.45) is 5.92 Å². The average Bonchev–Trinajstić information content (AvgIpc) is 3.25. The molecule has 1 aliphatic rings. The topological polar surface area (TPSA) is 71.3 Å². The fourth-order valence-electron chi connectivity index (χ4n) is 3.82. The fraction of sp³-hybridized carbons (Fsp3) is 0.400. The number of nitrogens with zero attached hydrogens (tertiary/aromatic N) is 3. The summed E-state index contributed by atoms with van der Waals surface area (Å²) in [6.07, 6.45) is 3.19. The number of nitrogens with one attached hydrogen (secondary N) is 1. The second-order valence-electron chi connectivity index (χ2n) is 8.58. The van der Waals surface area contributed by atoms with E-state index in [-0.39, 0.29) is 5.91 Å². The highest BCUT2D eigenvalue weighted by Crippen LogP contribution is 2.25. The number of carbonyl (C=O) groups is 1. The van der Waals surface area contributed by atoms with Crippen LogP contribution in [0, 0.1) is 19.8 Å². The maximum absolute atomic E-state index is 12.3. The van der Waals surface area contributed by atoms with E-state index in [0.717, 1.165) is 35.8 Å². The molecule has 0 radical (unpaired) electrons. The van der Waals surface area contributed by atoms with E-state index in [0.29, 0.717) is 24.6 Å². The quantitative estimate of drug-likeness (QED) is 0.599. The van der Waals surface area contributed by atoms with Crippen molar-refractivity contribution in [1.82, 2.24) is 10.1 Å². The van der Waals surface area contributed by atoms with E-state index < -0.39 is 0 Å². The minimum absolute atomic E-state index is 0.0665. The Kier molecular flexibility index (Phi) is 6.35. The molecular formula is C25H30N4O2. The maximum atomic E-state index is 12.3. The van der Waals surface area contributed by atoms with Gasteiger partial charge in [0.25, 0.3) is 0 Å². The van der Waals surface area contributed by atoms with E-state index in [4.69, 9.17) is 4.52 Å². The van der Waals surface area contributed by atoms with Gasteiger partial charge in [-0.25, -0.2) is 0 Å². The molecule has 1 N–H and O–H groups in total. The van der Waals surface area contributed by atoms with Crippen LogP contribution in [0.5, 0.6) is 0 Å². The van der Waals surface area contributed by atoms with Gasteiger partial charge in [0.15, 0.2) is 0 Å². The molecule has 2 aromatic carbocycles. The number of aryl methyl sites for hydroxylation is 3. The molecule has 0 unspecified atom stereocenters. The molecule has 6 heteroatoms. The van der Waals surface area contributed by atoms with Crippen molar-refractivity contribution < 1.29 is 9.32 Å². The molecule has 1 amide bonds. The number of benzene rings is 2. The lowest BCUT2D eigenvalue weighted by atomic mass is 9.98. The first-order valence-corrected chi connectivity index (χ1v) is 11.0. The molecule has 1 aliphatic heterocycles. The van der Waals surface area contributed by atoms with Gasteiger partial charge in [-0.1, -0.05) is 18.1 Å². The lowest BCUT2D eigenvalue weighted by molar-refractivity contribution is -0.116. The molecule has 4 rings (SSSR count). The summed E-state index contributed by atoms with van der Waals surface area (Å²) in [5.74, 6) is 1.78. The number of carbonyl (C=O) groups excluding carboxylic acids is 1. The van der Waals surface area contributed by atoms with Crippen LogP contribution in [0.3, 0.4) is 0 Å². The van der Waals surface area contributed by atoms with Gasteiger partial charge in [-0.05, 0) is 80.1 Å². The Morgan fingerprint density at radius 2 is 1.84 bits per heavy atom. The van der Waals surface area contributed by atoms with Gasteiger partial charge in [0, 0.05) is 42.9 Å². The van der Waals surface area contributed by atoms with E-state index in [1.54, 1.807) is 0 Å². The molecule has 162 valence electrons. The van der Waals surface area contributed by atoms with Crippen molar-refractivity contribution in [1.29, 1.82) is 0 Å². The van der Waals surface area contributed by atoms with E-state index >= 15 is 0 Å². The van der Waals surface area contributed by atoms with E-state index in [1.165, 1.54) is 24.1 Å². The van der Waals surface area contributed by atoms with Crippen LogP contribution in [0.4, 0.5) is 11.4 Å². The summed E-state index contributed by atoms with van der Waals surface area (Å²) >= 11 is 0.